The van der Waals surface area contributed by atoms with E-state index in [1.54, 1.807) is 0 Å². The molecule has 4 bridgehead atoms. The molecule has 0 aliphatic carbocycles. The smallest absolute Gasteiger partial charge is 0.367 e. The summed E-state index contributed by atoms with van der Waals surface area (Å²) in [6.07, 6.45) is -3.58. The highest BCUT2D eigenvalue weighted by Gasteiger charge is 2.31. The minimum Gasteiger partial charge on any atom is -0.367 e. The van der Waals surface area contributed by atoms with Gasteiger partial charge in [-0.05, 0) is 6.07 Å². The van der Waals surface area contributed by atoms with E-state index in [0.717, 1.165) is 6.26 Å². The second-order valence-electron chi connectivity index (χ2n) is 5.09. The average Bonchev–Trinajstić information content (AvgIpc) is 2.31. The maximum atomic E-state index is 12.2. The molecule has 1 heterocycles. The summed E-state index contributed by atoms with van der Waals surface area (Å²) in [6, 6.07) is 1.42. The van der Waals surface area contributed by atoms with E-state index >= 15 is 0 Å². The molecule has 3 rings (SSSR count). The Labute approximate surface area is 138 Å². The summed E-state index contributed by atoms with van der Waals surface area (Å²) in [5.74, 6) is 0. The first-order chi connectivity index (χ1) is 10.5. The van der Waals surface area contributed by atoms with Gasteiger partial charge >= 0.3 is 6.18 Å². The predicted molar refractivity (Wildman–Crippen MR) is 79.2 cm³/mol. The number of sulfone groups is 1. The minimum absolute atomic E-state index is 0.00241. The van der Waals surface area contributed by atoms with Crippen LogP contribution in [-0.4, -0.2) is 27.5 Å². The summed E-state index contributed by atoms with van der Waals surface area (Å²) in [7, 11) is -3.79. The van der Waals surface area contributed by atoms with Crippen LogP contribution in [0.3, 0.4) is 0 Å². The fourth-order valence-corrected chi connectivity index (χ4v) is 4.32. The van der Waals surface area contributed by atoms with Crippen LogP contribution in [0.5, 0.6) is 0 Å². The summed E-state index contributed by atoms with van der Waals surface area (Å²) in [5.41, 5.74) is 0.385. The zero-order chi connectivity index (χ0) is 17.2. The monoisotopic (exact) mass is 385 g/mol. The third-order valence-corrected chi connectivity index (χ3v) is 5.25. The molecule has 0 saturated heterocycles. The average molecular weight is 386 g/mol. The Morgan fingerprint density at radius 3 is 2.48 bits per heavy atom. The Bertz CT molecular complexity index is 987. The standard InChI is InChI=1S/C13H8Cl2F3NO3S/c1-23(20,21)12-5-2-7(14)11-8(10(5)19-11)9(15)6(12)3-22-4-13(16,17)18/h2H,3-4H2,1H3. The molecule has 1 aliphatic heterocycles. The van der Waals surface area contributed by atoms with Crippen molar-refractivity contribution in [1.29, 1.82) is 0 Å². The fourth-order valence-electron chi connectivity index (χ4n) is 2.53. The van der Waals surface area contributed by atoms with E-state index in [-0.39, 0.29) is 25.9 Å². The largest absolute Gasteiger partial charge is 0.411 e. The second kappa shape index (κ2) is 5.20. The van der Waals surface area contributed by atoms with E-state index in [1.807, 2.05) is 0 Å². The second-order valence-corrected chi connectivity index (χ2v) is 7.83. The number of hydrogen-bond acceptors (Lipinski definition) is 4. The van der Waals surface area contributed by atoms with E-state index < -0.39 is 29.2 Å². The first-order valence-corrected chi connectivity index (χ1v) is 8.85. The molecule has 0 unspecified atom stereocenters. The number of hydrogen-bond donors (Lipinski definition) is 0. The molecule has 0 atom stereocenters. The topological polar surface area (TPSA) is 55.7 Å². The molecular formula is C13H8Cl2F3NO3S. The quantitative estimate of drug-likeness (QED) is 0.689. The molecule has 2 aromatic carbocycles. The molecule has 0 amide bonds. The number of nitrogens with zero attached hydrogens (tertiary/aromatic N) is 1. The number of alkyl halides is 3. The van der Waals surface area contributed by atoms with E-state index in [4.69, 9.17) is 23.2 Å². The van der Waals surface area contributed by atoms with Gasteiger partial charge in [0.2, 0.25) is 0 Å². The maximum Gasteiger partial charge on any atom is 0.411 e. The number of halogens is 5. The number of benzene rings is 2. The Morgan fingerprint density at radius 2 is 1.96 bits per heavy atom. The molecule has 0 saturated carbocycles. The lowest BCUT2D eigenvalue weighted by Gasteiger charge is -2.22. The summed E-state index contributed by atoms with van der Waals surface area (Å²) in [6.45, 7) is -2.09. The highest BCUT2D eigenvalue weighted by molar-refractivity contribution is 7.91. The molecule has 0 fully saturated rings. The third-order valence-electron chi connectivity index (χ3n) is 3.34. The predicted octanol–water partition coefficient (Wildman–Crippen LogP) is 3.61. The van der Waals surface area contributed by atoms with E-state index in [9.17, 15) is 21.6 Å². The lowest BCUT2D eigenvalue weighted by atomic mass is 10.00. The van der Waals surface area contributed by atoms with Gasteiger partial charge in [-0.2, -0.15) is 13.2 Å². The fraction of sp³-hybridized carbons (Fsp3) is 0.308. The van der Waals surface area contributed by atoms with Gasteiger partial charge in [-0.1, -0.05) is 23.2 Å². The van der Waals surface area contributed by atoms with Crippen molar-refractivity contribution in [3.05, 3.63) is 27.0 Å². The van der Waals surface area contributed by atoms with Gasteiger partial charge in [-0.3, -0.25) is 0 Å². The lowest BCUT2D eigenvalue weighted by molar-refractivity contribution is -0.176. The molecule has 0 aromatic heterocycles. The van der Waals surface area contributed by atoms with Crippen LogP contribution >= 0.6 is 23.2 Å². The molecule has 0 spiro atoms. The third kappa shape index (κ3) is 2.77. The number of rotatable bonds is 4. The van der Waals surface area contributed by atoms with Crippen molar-refractivity contribution >= 4 is 49.5 Å². The Balaban J connectivity index is 2.18. The van der Waals surface area contributed by atoms with Crippen LogP contribution in [0.1, 0.15) is 5.56 Å². The summed E-state index contributed by atoms with van der Waals surface area (Å²) in [4.78, 5) is 3.89. The van der Waals surface area contributed by atoms with Crippen LogP contribution in [-0.2, 0) is 21.2 Å². The van der Waals surface area contributed by atoms with Crippen LogP contribution < -0.4 is 5.36 Å². The molecular weight excluding hydrogens is 378 g/mol. The molecule has 0 N–H and O–H groups in total. The van der Waals surface area contributed by atoms with Crippen LogP contribution in [0.2, 0.25) is 10.0 Å². The van der Waals surface area contributed by atoms with E-state index in [0.29, 0.717) is 16.4 Å². The van der Waals surface area contributed by atoms with Gasteiger partial charge in [0.05, 0.1) is 32.6 Å². The molecule has 10 heteroatoms. The van der Waals surface area contributed by atoms with Gasteiger partial charge < -0.3 is 4.74 Å². The van der Waals surface area contributed by atoms with Gasteiger partial charge in [0.1, 0.15) is 6.61 Å². The van der Waals surface area contributed by atoms with Gasteiger partial charge in [0.15, 0.2) is 9.84 Å². The molecule has 1 aliphatic rings. The van der Waals surface area contributed by atoms with Crippen molar-refractivity contribution in [2.24, 2.45) is 4.99 Å². The van der Waals surface area contributed by atoms with E-state index in [2.05, 4.69) is 9.73 Å². The molecule has 124 valence electrons. The Hall–Kier alpha value is -1.09. The summed E-state index contributed by atoms with van der Waals surface area (Å²) < 4.78 is 65.5. The Morgan fingerprint density at radius 1 is 1.30 bits per heavy atom. The zero-order valence-electron chi connectivity index (χ0n) is 11.5. The van der Waals surface area contributed by atoms with Crippen molar-refractivity contribution in [3.8, 4) is 0 Å². The molecule has 0 radical (unpaired) electrons. The van der Waals surface area contributed by atoms with Crippen molar-refractivity contribution < 1.29 is 26.3 Å². The van der Waals surface area contributed by atoms with Crippen LogP contribution in [0.4, 0.5) is 18.9 Å². The lowest BCUT2D eigenvalue weighted by Crippen LogP contribution is -2.22. The highest BCUT2D eigenvalue weighted by Crippen LogP contribution is 2.44. The summed E-state index contributed by atoms with van der Waals surface area (Å²) in [5, 5.41) is 1.31. The zero-order valence-corrected chi connectivity index (χ0v) is 13.8. The molecule has 23 heavy (non-hydrogen) atoms. The number of ether oxygens (including phenoxy) is 1. The Kier molecular flexibility index (Phi) is 3.79. The normalized spacial score (nSPS) is 14.0. The van der Waals surface area contributed by atoms with Crippen LogP contribution in [0.15, 0.2) is 16.0 Å². The van der Waals surface area contributed by atoms with Crippen molar-refractivity contribution in [1.82, 2.24) is 0 Å². The van der Waals surface area contributed by atoms with Crippen molar-refractivity contribution in [2.45, 2.75) is 17.7 Å². The summed E-state index contributed by atoms with van der Waals surface area (Å²) >= 11 is 12.2. The molecule has 2 aromatic rings. The highest BCUT2D eigenvalue weighted by atomic mass is 35.5. The van der Waals surface area contributed by atoms with Gasteiger partial charge in [-0.15, -0.1) is 0 Å². The van der Waals surface area contributed by atoms with Gasteiger partial charge in [-0.25, -0.2) is 13.4 Å². The minimum atomic E-state index is -4.52. The first-order valence-electron chi connectivity index (χ1n) is 6.20. The van der Waals surface area contributed by atoms with Gasteiger partial charge in [0.25, 0.3) is 0 Å². The van der Waals surface area contributed by atoms with Crippen molar-refractivity contribution in [3.63, 3.8) is 0 Å². The van der Waals surface area contributed by atoms with Crippen molar-refractivity contribution in [2.75, 3.05) is 12.9 Å². The van der Waals surface area contributed by atoms with E-state index in [1.165, 1.54) is 6.07 Å². The van der Waals surface area contributed by atoms with Crippen LogP contribution in [0, 0.1) is 0 Å². The first kappa shape index (κ1) is 16.8. The van der Waals surface area contributed by atoms with Gasteiger partial charge in [0, 0.05) is 22.6 Å². The van der Waals surface area contributed by atoms with Crippen LogP contribution in [0.25, 0.3) is 10.8 Å². The molecule has 4 nitrogen and oxygen atoms in total. The SMILES string of the molecule is CS(=O)(=O)c1c(COCC(F)(F)F)c(Cl)c2c3c(Cl)cc1c2=N3. The maximum absolute atomic E-state index is 12.2.